The highest BCUT2D eigenvalue weighted by atomic mass is 32.2. The Labute approximate surface area is 72.0 Å². The second-order valence-corrected chi connectivity index (χ2v) is 4.58. The third kappa shape index (κ3) is 5.39. The lowest BCUT2D eigenvalue weighted by molar-refractivity contribution is 0.523. The maximum atomic E-state index is 10.9. The van der Waals surface area contributed by atoms with Gasteiger partial charge in [-0.1, -0.05) is 6.92 Å². The van der Waals surface area contributed by atoms with Crippen molar-refractivity contribution in [2.45, 2.75) is 26.2 Å². The Morgan fingerprint density at radius 1 is 1.27 bits per heavy atom. The molecule has 0 aromatic carbocycles. The molecule has 2 unspecified atom stereocenters. The fourth-order valence-corrected chi connectivity index (χ4v) is 2.53. The summed E-state index contributed by atoms with van der Waals surface area (Å²) in [5.41, 5.74) is 4.50. The fourth-order valence-electron chi connectivity index (χ4n) is 1.17. The van der Waals surface area contributed by atoms with E-state index in [0.29, 0.717) is 0 Å². The lowest BCUT2D eigenvalue weighted by Gasteiger charge is -2.02. The minimum Gasteiger partial charge on any atom is -0.333 e. The molecule has 2 N–H and O–H groups in total. The summed E-state index contributed by atoms with van der Waals surface area (Å²) < 4.78 is 10.9. The zero-order chi connectivity index (χ0) is 8.69. The molecule has 3 heteroatoms. The van der Waals surface area contributed by atoms with Gasteiger partial charge in [-0.2, -0.15) is 0 Å². The molecule has 0 amide bonds. The highest BCUT2D eigenvalue weighted by molar-refractivity contribution is 7.84. The van der Waals surface area contributed by atoms with E-state index < -0.39 is 10.8 Å². The van der Waals surface area contributed by atoms with Crippen LogP contribution in [0.5, 0.6) is 0 Å². The number of hydrogen-bond acceptors (Lipinski definition) is 2. The van der Waals surface area contributed by atoms with Gasteiger partial charge in [0, 0.05) is 22.3 Å². The highest BCUT2D eigenvalue weighted by Gasteiger charge is 2.10. The van der Waals surface area contributed by atoms with Gasteiger partial charge in [-0.25, -0.2) is 0 Å². The molecule has 1 aliphatic heterocycles. The second-order valence-electron chi connectivity index (χ2n) is 2.88. The normalized spacial score (nSPS) is 31.5. The number of rotatable bonds is 0. The molecule has 2 nitrogen and oxygen atoms in total. The summed E-state index contributed by atoms with van der Waals surface area (Å²) in [4.78, 5) is 0. The molecule has 1 aliphatic rings. The van der Waals surface area contributed by atoms with E-state index >= 15 is 0 Å². The van der Waals surface area contributed by atoms with Gasteiger partial charge < -0.3 is 5.73 Å². The molecular formula is C8H19NOS. The van der Waals surface area contributed by atoms with Crippen LogP contribution >= 0.6 is 0 Å². The lowest BCUT2D eigenvalue weighted by atomic mass is 10.0. The van der Waals surface area contributed by atoms with Crippen LogP contribution in [0.3, 0.4) is 0 Å². The summed E-state index contributed by atoms with van der Waals surface area (Å²) in [6.07, 6.45) is 3.63. The Hall–Kier alpha value is 0.110. The Bertz CT molecular complexity index is 117. The van der Waals surface area contributed by atoms with Crippen LogP contribution in [-0.2, 0) is 10.8 Å². The Balaban J connectivity index is 0.000000461. The predicted molar refractivity (Wildman–Crippen MR) is 51.0 cm³/mol. The molecule has 0 bridgehead atoms. The van der Waals surface area contributed by atoms with Crippen molar-refractivity contribution in [1.29, 1.82) is 0 Å². The first kappa shape index (κ1) is 11.1. The van der Waals surface area contributed by atoms with Gasteiger partial charge >= 0.3 is 0 Å². The molecule has 2 atom stereocenters. The van der Waals surface area contributed by atoms with Crippen molar-refractivity contribution in [3.8, 4) is 0 Å². The first-order valence-electron chi connectivity index (χ1n) is 4.22. The van der Waals surface area contributed by atoms with Crippen molar-refractivity contribution in [2.75, 3.05) is 18.6 Å². The van der Waals surface area contributed by atoms with Crippen LogP contribution in [0.1, 0.15) is 26.2 Å². The van der Waals surface area contributed by atoms with Gasteiger partial charge in [-0.15, -0.1) is 0 Å². The minimum absolute atomic E-state index is 0.478. The quantitative estimate of drug-likeness (QED) is 0.603. The zero-order valence-electron chi connectivity index (χ0n) is 7.51. The first-order valence-corrected chi connectivity index (χ1v) is 5.70. The monoisotopic (exact) mass is 177 g/mol. The van der Waals surface area contributed by atoms with Crippen molar-refractivity contribution >= 4 is 10.8 Å². The van der Waals surface area contributed by atoms with Crippen LogP contribution in [0.25, 0.3) is 0 Å². The van der Waals surface area contributed by atoms with Crippen molar-refractivity contribution in [2.24, 2.45) is 11.7 Å². The van der Waals surface area contributed by atoms with Gasteiger partial charge in [0.25, 0.3) is 0 Å². The van der Waals surface area contributed by atoms with Crippen LogP contribution in [0.15, 0.2) is 0 Å². The van der Waals surface area contributed by atoms with Gasteiger partial charge in [-0.3, -0.25) is 4.21 Å². The van der Waals surface area contributed by atoms with E-state index in [2.05, 4.69) is 12.7 Å². The topological polar surface area (TPSA) is 43.1 Å². The standard InChI is InChI=1S/C7H14OS.CH5N/c1-7-3-2-5-9(8)6-4-7;1-2/h7H,2-6H2,1H3;2H2,1H3. The van der Waals surface area contributed by atoms with Gasteiger partial charge in [-0.05, 0) is 32.2 Å². The maximum absolute atomic E-state index is 10.9. The Morgan fingerprint density at radius 2 is 1.91 bits per heavy atom. The molecule has 0 aromatic heterocycles. The Morgan fingerprint density at radius 3 is 2.55 bits per heavy atom. The van der Waals surface area contributed by atoms with E-state index in [1.165, 1.54) is 26.3 Å². The summed E-state index contributed by atoms with van der Waals surface area (Å²) in [5, 5.41) is 0. The third-order valence-electron chi connectivity index (χ3n) is 1.91. The zero-order valence-corrected chi connectivity index (χ0v) is 8.32. The van der Waals surface area contributed by atoms with Crippen LogP contribution in [0, 0.1) is 5.92 Å². The molecule has 0 spiro atoms. The molecule has 1 heterocycles. The minimum atomic E-state index is -0.478. The van der Waals surface area contributed by atoms with Gasteiger partial charge in [0.1, 0.15) is 0 Å². The largest absolute Gasteiger partial charge is 0.333 e. The van der Waals surface area contributed by atoms with Crippen molar-refractivity contribution in [3.63, 3.8) is 0 Å². The van der Waals surface area contributed by atoms with E-state index in [4.69, 9.17) is 0 Å². The van der Waals surface area contributed by atoms with Crippen molar-refractivity contribution in [3.05, 3.63) is 0 Å². The van der Waals surface area contributed by atoms with Crippen molar-refractivity contribution in [1.82, 2.24) is 0 Å². The summed E-state index contributed by atoms with van der Waals surface area (Å²) in [7, 11) is 1.02. The van der Waals surface area contributed by atoms with Gasteiger partial charge in [0.15, 0.2) is 0 Å². The van der Waals surface area contributed by atoms with Crippen LogP contribution in [0.4, 0.5) is 0 Å². The maximum Gasteiger partial charge on any atom is 0.0237 e. The van der Waals surface area contributed by atoms with E-state index in [-0.39, 0.29) is 0 Å². The predicted octanol–water partition coefficient (Wildman–Crippen LogP) is 1.13. The number of hydrogen-bond donors (Lipinski definition) is 1. The SMILES string of the molecule is CC1CCCS(=O)CC1.CN. The molecule has 68 valence electrons. The van der Waals surface area contributed by atoms with E-state index in [1.807, 2.05) is 0 Å². The van der Waals surface area contributed by atoms with Crippen molar-refractivity contribution < 1.29 is 4.21 Å². The molecule has 0 aliphatic carbocycles. The average Bonchev–Trinajstić information content (AvgIpc) is 2.20. The molecule has 0 saturated carbocycles. The van der Waals surface area contributed by atoms with Gasteiger partial charge in [0.2, 0.25) is 0 Å². The lowest BCUT2D eigenvalue weighted by Crippen LogP contribution is -1.98. The average molecular weight is 177 g/mol. The van der Waals surface area contributed by atoms with E-state index in [0.717, 1.165) is 17.4 Å². The van der Waals surface area contributed by atoms with Gasteiger partial charge in [0.05, 0.1) is 0 Å². The third-order valence-corrected chi connectivity index (χ3v) is 3.34. The van der Waals surface area contributed by atoms with E-state index in [9.17, 15) is 4.21 Å². The van der Waals surface area contributed by atoms with Crippen LogP contribution in [0.2, 0.25) is 0 Å². The molecule has 1 rings (SSSR count). The molecule has 11 heavy (non-hydrogen) atoms. The van der Waals surface area contributed by atoms with Crippen LogP contribution < -0.4 is 5.73 Å². The molecule has 0 radical (unpaired) electrons. The fraction of sp³-hybridized carbons (Fsp3) is 1.00. The molecular weight excluding hydrogens is 158 g/mol. The smallest absolute Gasteiger partial charge is 0.0237 e. The molecule has 0 aromatic rings. The second kappa shape index (κ2) is 6.80. The summed E-state index contributed by atoms with van der Waals surface area (Å²) in [6.45, 7) is 2.25. The molecule has 1 saturated heterocycles. The van der Waals surface area contributed by atoms with E-state index in [1.54, 1.807) is 0 Å². The Kier molecular flexibility index (Phi) is 6.87. The number of nitrogens with two attached hydrogens (primary N) is 1. The van der Waals surface area contributed by atoms with Crippen LogP contribution in [-0.4, -0.2) is 22.8 Å². The molecule has 1 fully saturated rings. The summed E-state index contributed by atoms with van der Waals surface area (Å²) in [5.74, 6) is 2.71. The summed E-state index contributed by atoms with van der Waals surface area (Å²) in [6, 6.07) is 0. The summed E-state index contributed by atoms with van der Waals surface area (Å²) >= 11 is 0. The first-order chi connectivity index (χ1) is 5.29. The highest BCUT2D eigenvalue weighted by Crippen LogP contribution is 2.15.